The maximum Gasteiger partial charge on any atom is 0.244 e. The molecule has 1 amide bonds. The fourth-order valence-corrected chi connectivity index (χ4v) is 3.01. The minimum Gasteiger partial charge on any atom is -0.392 e. The van der Waals surface area contributed by atoms with Gasteiger partial charge in [-0.25, -0.2) is 4.98 Å². The Kier molecular flexibility index (Phi) is 3.78. The molecule has 2 N–H and O–H groups in total. The quantitative estimate of drug-likeness (QED) is 0.759. The minimum atomic E-state index is -0.0878. The lowest BCUT2D eigenvalue weighted by molar-refractivity contribution is -0.116. The van der Waals surface area contributed by atoms with Crippen LogP contribution in [0.25, 0.3) is 11.0 Å². The van der Waals surface area contributed by atoms with Gasteiger partial charge in [-0.05, 0) is 42.7 Å². The molecule has 2 aromatic carbocycles. The predicted octanol–water partition coefficient (Wildman–Crippen LogP) is 3.04. The van der Waals surface area contributed by atoms with E-state index >= 15 is 0 Å². The number of amides is 1. The van der Waals surface area contributed by atoms with Crippen LogP contribution in [0.15, 0.2) is 48.5 Å². The number of aromatic nitrogens is 2. The molecule has 1 aliphatic carbocycles. The summed E-state index contributed by atoms with van der Waals surface area (Å²) in [5, 5.41) is 12.1. The largest absolute Gasteiger partial charge is 0.392 e. The molecule has 5 nitrogen and oxygen atoms in total. The third-order valence-electron chi connectivity index (χ3n) is 4.32. The smallest absolute Gasteiger partial charge is 0.244 e. The number of anilines is 1. The zero-order chi connectivity index (χ0) is 16.5. The van der Waals surface area contributed by atoms with E-state index in [1.807, 2.05) is 47.0 Å². The molecule has 1 saturated carbocycles. The van der Waals surface area contributed by atoms with Gasteiger partial charge in [0, 0.05) is 11.6 Å². The van der Waals surface area contributed by atoms with Crippen molar-refractivity contribution in [3.63, 3.8) is 0 Å². The third-order valence-corrected chi connectivity index (χ3v) is 4.32. The van der Waals surface area contributed by atoms with E-state index in [0.717, 1.165) is 35.3 Å². The van der Waals surface area contributed by atoms with E-state index < -0.39 is 0 Å². The van der Waals surface area contributed by atoms with Crippen LogP contribution in [0.3, 0.4) is 0 Å². The maximum atomic E-state index is 12.5. The lowest BCUT2D eigenvalue weighted by Crippen LogP contribution is -2.20. The highest BCUT2D eigenvalue weighted by molar-refractivity contribution is 5.91. The van der Waals surface area contributed by atoms with Crippen molar-refractivity contribution in [1.82, 2.24) is 9.55 Å². The summed E-state index contributed by atoms with van der Waals surface area (Å²) in [6, 6.07) is 15.2. The average Bonchev–Trinajstić information content (AvgIpc) is 3.38. The Morgan fingerprint density at radius 1 is 1.21 bits per heavy atom. The topological polar surface area (TPSA) is 67.2 Å². The molecular weight excluding hydrogens is 302 g/mol. The fourth-order valence-electron chi connectivity index (χ4n) is 3.01. The number of aliphatic hydroxyl groups is 1. The summed E-state index contributed by atoms with van der Waals surface area (Å²) in [7, 11) is 0. The number of hydrogen-bond donors (Lipinski definition) is 2. The van der Waals surface area contributed by atoms with Crippen molar-refractivity contribution in [3.8, 4) is 0 Å². The highest BCUT2D eigenvalue weighted by Crippen LogP contribution is 2.40. The summed E-state index contributed by atoms with van der Waals surface area (Å²) >= 11 is 0. The molecule has 1 aromatic heterocycles. The summed E-state index contributed by atoms with van der Waals surface area (Å²) < 4.78 is 2.03. The molecule has 1 fully saturated rings. The van der Waals surface area contributed by atoms with Crippen molar-refractivity contribution in [2.75, 3.05) is 5.32 Å². The van der Waals surface area contributed by atoms with Crippen molar-refractivity contribution >= 4 is 22.6 Å². The van der Waals surface area contributed by atoms with E-state index in [4.69, 9.17) is 4.98 Å². The molecule has 5 heteroatoms. The second-order valence-electron chi connectivity index (χ2n) is 6.23. The Morgan fingerprint density at radius 2 is 2.04 bits per heavy atom. The third kappa shape index (κ3) is 2.90. The second kappa shape index (κ2) is 6.09. The van der Waals surface area contributed by atoms with Crippen molar-refractivity contribution in [2.24, 2.45) is 0 Å². The number of aliphatic hydroxyl groups excluding tert-OH is 1. The molecule has 0 saturated heterocycles. The lowest BCUT2D eigenvalue weighted by atomic mass is 10.2. The number of imidazole rings is 1. The first kappa shape index (κ1) is 14.9. The number of nitrogens with zero attached hydrogens (tertiary/aromatic N) is 2. The molecule has 0 aliphatic heterocycles. The van der Waals surface area contributed by atoms with Crippen LogP contribution >= 0.6 is 0 Å². The van der Waals surface area contributed by atoms with Gasteiger partial charge in [0.25, 0.3) is 0 Å². The van der Waals surface area contributed by atoms with E-state index in [1.54, 1.807) is 6.07 Å². The van der Waals surface area contributed by atoms with Gasteiger partial charge in [0.15, 0.2) is 0 Å². The van der Waals surface area contributed by atoms with Crippen molar-refractivity contribution in [3.05, 3.63) is 59.9 Å². The SMILES string of the molecule is O=C(Cn1c(C2CC2)nc2ccccc21)Nc1cccc(CO)c1. The zero-order valence-electron chi connectivity index (χ0n) is 13.3. The summed E-state index contributed by atoms with van der Waals surface area (Å²) in [4.78, 5) is 17.2. The standard InChI is InChI=1S/C19H19N3O2/c23-12-13-4-3-5-15(10-13)20-18(24)11-22-17-7-2-1-6-16(17)21-19(22)14-8-9-14/h1-7,10,14,23H,8-9,11-12H2,(H,20,24). The number of rotatable bonds is 5. The number of benzene rings is 2. The summed E-state index contributed by atoms with van der Waals surface area (Å²) in [5.74, 6) is 1.40. The first-order valence-corrected chi connectivity index (χ1v) is 8.19. The zero-order valence-corrected chi connectivity index (χ0v) is 13.3. The van der Waals surface area contributed by atoms with Gasteiger partial charge in [0.2, 0.25) is 5.91 Å². The van der Waals surface area contributed by atoms with Crippen LogP contribution in [0.4, 0.5) is 5.69 Å². The van der Waals surface area contributed by atoms with E-state index in [2.05, 4.69) is 5.32 Å². The molecule has 4 rings (SSSR count). The molecule has 1 aliphatic rings. The van der Waals surface area contributed by atoms with Gasteiger partial charge in [0.1, 0.15) is 12.4 Å². The van der Waals surface area contributed by atoms with Crippen LogP contribution in [0.1, 0.15) is 30.1 Å². The summed E-state index contributed by atoms with van der Waals surface area (Å²) in [6.07, 6.45) is 2.28. The van der Waals surface area contributed by atoms with Gasteiger partial charge in [-0.1, -0.05) is 24.3 Å². The normalized spacial score (nSPS) is 14.0. The van der Waals surface area contributed by atoms with Crippen molar-refractivity contribution < 1.29 is 9.90 Å². The molecule has 0 atom stereocenters. The predicted molar refractivity (Wildman–Crippen MR) is 92.7 cm³/mol. The first-order chi connectivity index (χ1) is 11.7. The Balaban J connectivity index is 1.59. The molecular formula is C19H19N3O2. The average molecular weight is 321 g/mol. The number of carbonyl (C=O) groups excluding carboxylic acids is 1. The van der Waals surface area contributed by atoms with E-state index in [-0.39, 0.29) is 19.1 Å². The van der Waals surface area contributed by atoms with Crippen LogP contribution in [-0.4, -0.2) is 20.6 Å². The molecule has 0 bridgehead atoms. The minimum absolute atomic E-state index is 0.0400. The highest BCUT2D eigenvalue weighted by Gasteiger charge is 2.30. The summed E-state index contributed by atoms with van der Waals surface area (Å²) in [6.45, 7) is 0.206. The van der Waals surface area contributed by atoms with Gasteiger partial charge < -0.3 is 15.0 Å². The number of fused-ring (bicyclic) bond motifs is 1. The van der Waals surface area contributed by atoms with Gasteiger partial charge in [-0.3, -0.25) is 4.79 Å². The molecule has 0 unspecified atom stereocenters. The number of nitrogens with one attached hydrogen (secondary N) is 1. The molecule has 0 radical (unpaired) electrons. The van der Waals surface area contributed by atoms with Crippen LogP contribution in [-0.2, 0) is 17.9 Å². The Morgan fingerprint density at radius 3 is 2.83 bits per heavy atom. The Bertz CT molecular complexity index is 897. The van der Waals surface area contributed by atoms with Crippen LogP contribution < -0.4 is 5.32 Å². The molecule has 1 heterocycles. The number of hydrogen-bond acceptors (Lipinski definition) is 3. The Hall–Kier alpha value is -2.66. The maximum absolute atomic E-state index is 12.5. The van der Waals surface area contributed by atoms with E-state index in [1.165, 1.54) is 0 Å². The molecule has 0 spiro atoms. The van der Waals surface area contributed by atoms with Gasteiger partial charge in [-0.15, -0.1) is 0 Å². The molecule has 24 heavy (non-hydrogen) atoms. The van der Waals surface area contributed by atoms with Gasteiger partial charge >= 0.3 is 0 Å². The van der Waals surface area contributed by atoms with Crippen molar-refractivity contribution in [2.45, 2.75) is 31.9 Å². The first-order valence-electron chi connectivity index (χ1n) is 8.19. The fraction of sp³-hybridized carbons (Fsp3) is 0.263. The summed E-state index contributed by atoms with van der Waals surface area (Å²) in [5.41, 5.74) is 3.41. The van der Waals surface area contributed by atoms with Gasteiger partial charge in [0.05, 0.1) is 17.6 Å². The monoisotopic (exact) mass is 321 g/mol. The Labute approximate surface area is 139 Å². The second-order valence-corrected chi connectivity index (χ2v) is 6.23. The van der Waals surface area contributed by atoms with Crippen molar-refractivity contribution in [1.29, 1.82) is 0 Å². The number of para-hydroxylation sites is 2. The number of carbonyl (C=O) groups is 1. The van der Waals surface area contributed by atoms with E-state index in [0.29, 0.717) is 11.6 Å². The van der Waals surface area contributed by atoms with E-state index in [9.17, 15) is 9.90 Å². The van der Waals surface area contributed by atoms with Crippen LogP contribution in [0, 0.1) is 0 Å². The molecule has 3 aromatic rings. The van der Waals surface area contributed by atoms with Crippen LogP contribution in [0.2, 0.25) is 0 Å². The molecule has 122 valence electrons. The highest BCUT2D eigenvalue weighted by atomic mass is 16.3. The van der Waals surface area contributed by atoms with Crippen LogP contribution in [0.5, 0.6) is 0 Å². The van der Waals surface area contributed by atoms with Gasteiger partial charge in [-0.2, -0.15) is 0 Å². The lowest BCUT2D eigenvalue weighted by Gasteiger charge is -2.10.